The first kappa shape index (κ1) is 13.8. The molecule has 1 heterocycles. The van der Waals surface area contributed by atoms with Crippen LogP contribution in [0.25, 0.3) is 5.69 Å². The summed E-state index contributed by atoms with van der Waals surface area (Å²) in [5.74, 6) is -0.0988. The van der Waals surface area contributed by atoms with Crippen molar-refractivity contribution in [2.24, 2.45) is 0 Å². The number of hydrogen-bond acceptors (Lipinski definition) is 3. The molecule has 0 radical (unpaired) electrons. The Morgan fingerprint density at radius 1 is 1.37 bits per heavy atom. The van der Waals surface area contributed by atoms with Gasteiger partial charge in [-0.1, -0.05) is 43.1 Å². The van der Waals surface area contributed by atoms with Crippen LogP contribution in [0.15, 0.2) is 24.3 Å². The lowest BCUT2D eigenvalue weighted by Crippen LogP contribution is -1.98. The van der Waals surface area contributed by atoms with Gasteiger partial charge in [0.15, 0.2) is 0 Å². The van der Waals surface area contributed by atoms with Crippen molar-refractivity contribution in [3.8, 4) is 5.69 Å². The van der Waals surface area contributed by atoms with Crippen LogP contribution in [-0.4, -0.2) is 14.7 Å². The Kier molecular flexibility index (Phi) is 3.78. The van der Waals surface area contributed by atoms with E-state index in [0.717, 1.165) is 0 Å². The molecule has 0 saturated carbocycles. The van der Waals surface area contributed by atoms with Crippen LogP contribution in [0.3, 0.4) is 0 Å². The highest BCUT2D eigenvalue weighted by Gasteiger charge is 2.28. The third-order valence-electron chi connectivity index (χ3n) is 2.61. The quantitative estimate of drug-likeness (QED) is 0.630. The van der Waals surface area contributed by atoms with Crippen LogP contribution in [-0.2, 0) is 0 Å². The molecular formula is C12H11Cl2N3O2. The summed E-state index contributed by atoms with van der Waals surface area (Å²) in [6.07, 6.45) is 0. The molecule has 0 fully saturated rings. The van der Waals surface area contributed by atoms with Gasteiger partial charge in [0.2, 0.25) is 5.15 Å². The normalized spacial score (nSPS) is 11.0. The Labute approximate surface area is 119 Å². The molecule has 2 aromatic rings. The monoisotopic (exact) mass is 299 g/mol. The van der Waals surface area contributed by atoms with E-state index in [9.17, 15) is 10.1 Å². The number of nitro groups is 1. The average molecular weight is 300 g/mol. The predicted molar refractivity (Wildman–Crippen MR) is 74.3 cm³/mol. The lowest BCUT2D eigenvalue weighted by atomic mass is 10.1. The highest BCUT2D eigenvalue weighted by Crippen LogP contribution is 2.34. The van der Waals surface area contributed by atoms with Gasteiger partial charge in [-0.2, -0.15) is 5.10 Å². The maximum absolute atomic E-state index is 11.1. The first-order chi connectivity index (χ1) is 8.91. The summed E-state index contributed by atoms with van der Waals surface area (Å²) < 4.78 is 1.33. The van der Waals surface area contributed by atoms with E-state index < -0.39 is 4.92 Å². The molecule has 19 heavy (non-hydrogen) atoms. The van der Waals surface area contributed by atoms with E-state index in [2.05, 4.69) is 5.10 Å². The summed E-state index contributed by atoms with van der Waals surface area (Å²) in [5, 5.41) is 15.8. The molecule has 100 valence electrons. The summed E-state index contributed by atoms with van der Waals surface area (Å²) in [7, 11) is 0. The van der Waals surface area contributed by atoms with Gasteiger partial charge in [0.05, 0.1) is 10.6 Å². The van der Waals surface area contributed by atoms with Crippen molar-refractivity contribution in [2.45, 2.75) is 19.8 Å². The van der Waals surface area contributed by atoms with Gasteiger partial charge >= 0.3 is 5.69 Å². The molecule has 0 aliphatic heterocycles. The standard InChI is InChI=1S/C12H11Cl2N3O2/c1-7(2)10-11(17(18)19)12(14)16(15-10)9-5-3-4-8(13)6-9/h3-7H,1-2H3. The number of aromatic nitrogens is 2. The molecule has 1 aromatic heterocycles. The van der Waals surface area contributed by atoms with E-state index >= 15 is 0 Å². The maximum Gasteiger partial charge on any atom is 0.329 e. The first-order valence-electron chi connectivity index (χ1n) is 5.60. The Hall–Kier alpha value is -1.59. The summed E-state index contributed by atoms with van der Waals surface area (Å²) in [4.78, 5) is 10.6. The van der Waals surface area contributed by atoms with Crippen molar-refractivity contribution in [3.05, 3.63) is 50.2 Å². The number of hydrogen-bond donors (Lipinski definition) is 0. The Balaban J connectivity index is 2.66. The predicted octanol–water partition coefficient (Wildman–Crippen LogP) is 4.21. The van der Waals surface area contributed by atoms with Crippen LogP contribution in [0.5, 0.6) is 0 Å². The minimum atomic E-state index is -0.508. The topological polar surface area (TPSA) is 61.0 Å². The maximum atomic E-state index is 11.1. The van der Waals surface area contributed by atoms with E-state index in [-0.39, 0.29) is 16.8 Å². The zero-order chi connectivity index (χ0) is 14.2. The SMILES string of the molecule is CC(C)c1nn(-c2cccc(Cl)c2)c(Cl)c1[N+](=O)[O-]. The molecule has 0 unspecified atom stereocenters. The van der Waals surface area contributed by atoms with E-state index in [4.69, 9.17) is 23.2 Å². The second kappa shape index (κ2) is 5.19. The van der Waals surface area contributed by atoms with Crippen molar-refractivity contribution in [2.75, 3.05) is 0 Å². The Bertz CT molecular complexity index is 638. The summed E-state index contributed by atoms with van der Waals surface area (Å²) in [6, 6.07) is 6.82. The second-order valence-corrected chi connectivity index (χ2v) is 5.12. The van der Waals surface area contributed by atoms with Gasteiger partial charge in [0.1, 0.15) is 5.69 Å². The van der Waals surface area contributed by atoms with Gasteiger partial charge < -0.3 is 0 Å². The molecule has 0 amide bonds. The molecule has 0 bridgehead atoms. The molecule has 0 aliphatic carbocycles. The number of rotatable bonds is 3. The minimum absolute atomic E-state index is 0.0176. The number of halogens is 2. The fourth-order valence-electron chi connectivity index (χ4n) is 1.74. The Morgan fingerprint density at radius 2 is 2.05 bits per heavy atom. The first-order valence-corrected chi connectivity index (χ1v) is 6.36. The zero-order valence-corrected chi connectivity index (χ0v) is 11.8. The van der Waals surface area contributed by atoms with E-state index in [0.29, 0.717) is 16.4 Å². The van der Waals surface area contributed by atoms with Crippen LogP contribution in [0.1, 0.15) is 25.5 Å². The van der Waals surface area contributed by atoms with Crippen LogP contribution in [0.2, 0.25) is 10.2 Å². The second-order valence-electron chi connectivity index (χ2n) is 4.33. The molecule has 7 heteroatoms. The third-order valence-corrected chi connectivity index (χ3v) is 3.19. The average Bonchev–Trinajstić information content (AvgIpc) is 2.67. The van der Waals surface area contributed by atoms with Gasteiger partial charge in [0.25, 0.3) is 0 Å². The largest absolute Gasteiger partial charge is 0.329 e. The lowest BCUT2D eigenvalue weighted by Gasteiger charge is -2.02. The summed E-state index contributed by atoms with van der Waals surface area (Å²) in [6.45, 7) is 3.65. The van der Waals surface area contributed by atoms with Crippen molar-refractivity contribution in [3.63, 3.8) is 0 Å². The van der Waals surface area contributed by atoms with Crippen LogP contribution < -0.4 is 0 Å². The van der Waals surface area contributed by atoms with Crippen molar-refractivity contribution >= 4 is 28.9 Å². The smallest absolute Gasteiger partial charge is 0.258 e. The van der Waals surface area contributed by atoms with Gasteiger partial charge in [0, 0.05) is 10.9 Å². The Morgan fingerprint density at radius 3 is 2.53 bits per heavy atom. The highest BCUT2D eigenvalue weighted by molar-refractivity contribution is 6.32. The molecule has 0 saturated heterocycles. The van der Waals surface area contributed by atoms with Crippen molar-refractivity contribution in [1.82, 2.24) is 9.78 Å². The van der Waals surface area contributed by atoms with Crippen LogP contribution in [0, 0.1) is 10.1 Å². The molecule has 2 rings (SSSR count). The van der Waals surface area contributed by atoms with E-state index in [1.807, 2.05) is 13.8 Å². The van der Waals surface area contributed by atoms with E-state index in [1.54, 1.807) is 24.3 Å². The summed E-state index contributed by atoms with van der Waals surface area (Å²) in [5.41, 5.74) is 0.791. The molecular weight excluding hydrogens is 289 g/mol. The molecule has 5 nitrogen and oxygen atoms in total. The third kappa shape index (κ3) is 2.57. The molecule has 0 aliphatic rings. The van der Waals surface area contributed by atoms with Crippen molar-refractivity contribution < 1.29 is 4.92 Å². The van der Waals surface area contributed by atoms with Gasteiger partial charge in [-0.05, 0) is 18.2 Å². The van der Waals surface area contributed by atoms with E-state index in [1.165, 1.54) is 4.68 Å². The number of benzene rings is 1. The van der Waals surface area contributed by atoms with Crippen LogP contribution >= 0.6 is 23.2 Å². The van der Waals surface area contributed by atoms with Gasteiger partial charge in [-0.25, -0.2) is 4.68 Å². The minimum Gasteiger partial charge on any atom is -0.258 e. The van der Waals surface area contributed by atoms with Crippen molar-refractivity contribution in [1.29, 1.82) is 0 Å². The molecule has 0 spiro atoms. The summed E-state index contributed by atoms with van der Waals surface area (Å²) >= 11 is 12.0. The number of nitrogens with zero attached hydrogens (tertiary/aromatic N) is 3. The highest BCUT2D eigenvalue weighted by atomic mass is 35.5. The molecule has 0 N–H and O–H groups in total. The zero-order valence-electron chi connectivity index (χ0n) is 10.3. The molecule has 0 atom stereocenters. The fourth-order valence-corrected chi connectivity index (χ4v) is 2.23. The molecule has 1 aromatic carbocycles. The van der Waals surface area contributed by atoms with Gasteiger partial charge in [-0.15, -0.1) is 0 Å². The lowest BCUT2D eigenvalue weighted by molar-refractivity contribution is -0.385. The fraction of sp³-hybridized carbons (Fsp3) is 0.250. The van der Waals surface area contributed by atoms with Gasteiger partial charge in [-0.3, -0.25) is 10.1 Å². The van der Waals surface area contributed by atoms with Crippen LogP contribution in [0.4, 0.5) is 5.69 Å².